The minimum atomic E-state index is 0.0210. The van der Waals surface area contributed by atoms with Crippen LogP contribution in [0, 0.1) is 34.0 Å². The van der Waals surface area contributed by atoms with Crippen LogP contribution in [0.5, 0.6) is 0 Å². The van der Waals surface area contributed by atoms with E-state index < -0.39 is 0 Å². The second kappa shape index (κ2) is 11.7. The Bertz CT molecular complexity index is 2590. The second-order valence-electron chi connectivity index (χ2n) is 12.9. The van der Waals surface area contributed by atoms with E-state index in [1.165, 1.54) is 16.7 Å². The molecule has 2 unspecified atom stereocenters. The molecule has 0 bridgehead atoms. The predicted octanol–water partition coefficient (Wildman–Crippen LogP) is 10.2. The maximum absolute atomic E-state index is 10.0. The van der Waals surface area contributed by atoms with Crippen molar-refractivity contribution in [1.82, 2.24) is 4.57 Å². The minimum Gasteiger partial charge on any atom is -0.332 e. The van der Waals surface area contributed by atoms with Gasteiger partial charge in [0.25, 0.3) is 0 Å². The van der Waals surface area contributed by atoms with Crippen molar-refractivity contribution in [3.05, 3.63) is 173 Å². The molecule has 50 heavy (non-hydrogen) atoms. The van der Waals surface area contributed by atoms with Crippen LogP contribution in [0.25, 0.3) is 39.4 Å². The fourth-order valence-electron chi connectivity index (χ4n) is 8.19. The monoisotopic (exact) mass is 639 g/mol. The van der Waals surface area contributed by atoms with E-state index in [4.69, 9.17) is 0 Å². The average Bonchev–Trinajstić information content (AvgIpc) is 3.70. The molecule has 6 aromatic rings. The molecule has 1 aromatic heterocycles. The van der Waals surface area contributed by atoms with Crippen LogP contribution in [0.15, 0.2) is 139 Å². The van der Waals surface area contributed by atoms with Gasteiger partial charge in [-0.2, -0.15) is 15.8 Å². The number of para-hydroxylation sites is 2. The van der Waals surface area contributed by atoms with Crippen molar-refractivity contribution in [2.24, 2.45) is 0 Å². The molecule has 0 fully saturated rings. The number of allylic oxidation sites excluding steroid dienone is 3. The summed E-state index contributed by atoms with van der Waals surface area (Å²) in [5.41, 5.74) is 14.3. The first-order valence-corrected chi connectivity index (χ1v) is 16.8. The fourth-order valence-corrected chi connectivity index (χ4v) is 8.19. The Morgan fingerprint density at radius 1 is 0.680 bits per heavy atom. The van der Waals surface area contributed by atoms with Gasteiger partial charge in [0, 0.05) is 45.1 Å². The van der Waals surface area contributed by atoms with Crippen LogP contribution in [0.1, 0.15) is 45.8 Å². The van der Waals surface area contributed by atoms with Crippen LogP contribution in [0.4, 0.5) is 11.4 Å². The van der Waals surface area contributed by atoms with Gasteiger partial charge in [-0.05, 0) is 95.8 Å². The van der Waals surface area contributed by atoms with Crippen LogP contribution < -0.4 is 4.90 Å². The first-order valence-electron chi connectivity index (χ1n) is 16.8. The summed E-state index contributed by atoms with van der Waals surface area (Å²) in [5, 5.41) is 30.5. The van der Waals surface area contributed by atoms with E-state index in [2.05, 4.69) is 125 Å². The zero-order valence-electron chi connectivity index (χ0n) is 27.1. The topological polar surface area (TPSA) is 79.5 Å². The zero-order chi connectivity index (χ0) is 33.8. The van der Waals surface area contributed by atoms with Crippen molar-refractivity contribution in [3.8, 4) is 35.0 Å². The second-order valence-corrected chi connectivity index (χ2v) is 12.9. The summed E-state index contributed by atoms with van der Waals surface area (Å²) >= 11 is 0. The maximum atomic E-state index is 10.0. The number of hydrogen-bond donors (Lipinski definition) is 0. The summed E-state index contributed by atoms with van der Waals surface area (Å²) in [6, 6.07) is 46.6. The van der Waals surface area contributed by atoms with Gasteiger partial charge >= 0.3 is 0 Å². The Labute approximate surface area is 290 Å². The number of benzene rings is 5. The molecule has 9 rings (SSSR count). The predicted molar refractivity (Wildman–Crippen MR) is 199 cm³/mol. The van der Waals surface area contributed by atoms with Crippen LogP contribution >= 0.6 is 0 Å². The van der Waals surface area contributed by atoms with Gasteiger partial charge in [-0.25, -0.2) is 0 Å². The van der Waals surface area contributed by atoms with Crippen molar-refractivity contribution in [2.45, 2.75) is 24.8 Å². The molecule has 3 aliphatic rings. The van der Waals surface area contributed by atoms with Crippen molar-refractivity contribution < 1.29 is 0 Å². The van der Waals surface area contributed by atoms with Gasteiger partial charge < -0.3 is 9.47 Å². The Hall–Kier alpha value is -6.87. The number of rotatable bonds is 4. The number of hydrogen-bond acceptors (Lipinski definition) is 4. The standard InChI is InChI=1S/C45H29N5/c46-26-29-16-20-33(21-17-29)49-42-15-6-4-11-36(42)38-13-7-12-37(45(38)49)35-10-3-2-9-34(35)31-19-23-44-40(25-31)39-24-30(27-47)18-22-43(39)50(44)41-14-5-1-8-32(41)28-48/h1-17,19-21,23-25,37,45H,18,22H2. The van der Waals surface area contributed by atoms with Gasteiger partial charge in [0.1, 0.15) is 6.07 Å². The highest BCUT2D eigenvalue weighted by atomic mass is 15.2. The lowest BCUT2D eigenvalue weighted by molar-refractivity contribution is 0.724. The molecular weight excluding hydrogens is 611 g/mol. The molecule has 0 saturated carbocycles. The molecule has 5 heteroatoms. The van der Waals surface area contributed by atoms with Crippen molar-refractivity contribution in [3.63, 3.8) is 0 Å². The number of nitriles is 3. The molecule has 0 saturated heterocycles. The highest BCUT2D eigenvalue weighted by Gasteiger charge is 2.41. The number of anilines is 2. The molecule has 0 spiro atoms. The zero-order valence-corrected chi connectivity index (χ0v) is 27.1. The number of nitrogens with zero attached hydrogens (tertiary/aromatic N) is 5. The van der Waals surface area contributed by atoms with Crippen molar-refractivity contribution in [1.29, 1.82) is 15.8 Å². The largest absolute Gasteiger partial charge is 0.332 e. The van der Waals surface area contributed by atoms with Gasteiger partial charge in [0.15, 0.2) is 0 Å². The van der Waals surface area contributed by atoms with E-state index in [-0.39, 0.29) is 12.0 Å². The first kappa shape index (κ1) is 29.3. The Morgan fingerprint density at radius 2 is 1.44 bits per heavy atom. The minimum absolute atomic E-state index is 0.0210. The summed E-state index contributed by atoms with van der Waals surface area (Å²) in [6.07, 6.45) is 10.2. The van der Waals surface area contributed by atoms with Crippen molar-refractivity contribution >= 4 is 33.9 Å². The number of fused-ring (bicyclic) bond motifs is 6. The van der Waals surface area contributed by atoms with Crippen LogP contribution in [0.3, 0.4) is 0 Å². The Balaban J connectivity index is 1.21. The molecule has 234 valence electrons. The summed E-state index contributed by atoms with van der Waals surface area (Å²) in [6.45, 7) is 0. The first-order chi connectivity index (χ1) is 24.7. The molecule has 1 aliphatic heterocycles. The van der Waals surface area contributed by atoms with E-state index in [9.17, 15) is 15.8 Å². The van der Waals surface area contributed by atoms with E-state index in [0.29, 0.717) is 17.5 Å². The van der Waals surface area contributed by atoms with Gasteiger partial charge in [-0.1, -0.05) is 78.9 Å². The summed E-state index contributed by atoms with van der Waals surface area (Å²) < 4.78 is 2.22. The van der Waals surface area contributed by atoms with E-state index in [1.54, 1.807) is 0 Å². The molecule has 2 aliphatic carbocycles. The normalized spacial score (nSPS) is 17.1. The van der Waals surface area contributed by atoms with Crippen molar-refractivity contribution in [2.75, 3.05) is 4.90 Å². The van der Waals surface area contributed by atoms with E-state index in [0.717, 1.165) is 62.3 Å². The fraction of sp³-hybridized carbons (Fsp3) is 0.0889. The lowest BCUT2D eigenvalue weighted by Crippen LogP contribution is -2.33. The van der Waals surface area contributed by atoms with Gasteiger partial charge in [0.2, 0.25) is 0 Å². The third-order valence-corrected chi connectivity index (χ3v) is 10.4. The molecule has 2 atom stereocenters. The third kappa shape index (κ3) is 4.44. The highest BCUT2D eigenvalue weighted by molar-refractivity contribution is 5.98. The van der Waals surface area contributed by atoms with Gasteiger partial charge in [0.05, 0.1) is 40.5 Å². The van der Waals surface area contributed by atoms with Gasteiger partial charge in [-0.15, -0.1) is 0 Å². The quantitative estimate of drug-likeness (QED) is 0.192. The molecule has 0 radical (unpaired) electrons. The summed E-state index contributed by atoms with van der Waals surface area (Å²) in [5.74, 6) is 0.0380. The molecule has 0 N–H and O–H groups in total. The lowest BCUT2D eigenvalue weighted by Gasteiger charge is -2.35. The average molecular weight is 640 g/mol. The van der Waals surface area contributed by atoms with E-state index in [1.807, 2.05) is 42.5 Å². The van der Waals surface area contributed by atoms with Gasteiger partial charge in [-0.3, -0.25) is 0 Å². The van der Waals surface area contributed by atoms with Crippen LogP contribution in [-0.4, -0.2) is 10.6 Å². The lowest BCUT2D eigenvalue weighted by atomic mass is 9.79. The molecule has 5 nitrogen and oxygen atoms in total. The smallest absolute Gasteiger partial charge is 0.101 e. The summed E-state index contributed by atoms with van der Waals surface area (Å²) in [4.78, 5) is 2.42. The Morgan fingerprint density at radius 3 is 2.24 bits per heavy atom. The molecular formula is C45H29N5. The molecule has 5 aromatic carbocycles. The highest BCUT2D eigenvalue weighted by Crippen LogP contribution is 2.52. The molecule has 0 amide bonds. The molecule has 2 heterocycles. The SMILES string of the molecule is N#CC1=Cc2c(n(-c3ccccc3C#N)c3ccc(-c4ccccc4C4C=CC=C5c6ccccc6N(c6ccc(C#N)cc6)C54)cc23)CC1. The summed E-state index contributed by atoms with van der Waals surface area (Å²) in [7, 11) is 0. The maximum Gasteiger partial charge on any atom is 0.101 e. The van der Waals surface area contributed by atoms with E-state index >= 15 is 0 Å². The van der Waals surface area contributed by atoms with Crippen LogP contribution in [0.2, 0.25) is 0 Å². The number of aromatic nitrogens is 1. The third-order valence-electron chi connectivity index (χ3n) is 10.4. The Kier molecular flexibility index (Phi) is 6.84. The van der Waals surface area contributed by atoms with Crippen LogP contribution in [-0.2, 0) is 6.42 Å².